The van der Waals surface area contributed by atoms with E-state index in [9.17, 15) is 24.2 Å². The second-order valence-electron chi connectivity index (χ2n) is 9.53. The number of H-pyrrole nitrogens is 1. The summed E-state index contributed by atoms with van der Waals surface area (Å²) < 4.78 is 70.7. The van der Waals surface area contributed by atoms with Gasteiger partial charge in [0.25, 0.3) is 5.91 Å². The van der Waals surface area contributed by atoms with Gasteiger partial charge in [-0.2, -0.15) is 0 Å². The first-order valence-electron chi connectivity index (χ1n) is 11.5. The minimum Gasteiger partial charge on any atom is -0.398 e. The van der Waals surface area contributed by atoms with Crippen LogP contribution in [0.2, 0.25) is 0 Å². The predicted molar refractivity (Wildman–Crippen MR) is 127 cm³/mol. The maximum absolute atomic E-state index is 13.1. The molecule has 1 saturated carbocycles. The van der Waals surface area contributed by atoms with Gasteiger partial charge in [-0.25, -0.2) is 9.97 Å². The fraction of sp³-hybridized carbons (Fsp3) is 0.435. The predicted octanol–water partition coefficient (Wildman–Crippen LogP) is 6.11. The van der Waals surface area contributed by atoms with Crippen molar-refractivity contribution in [1.82, 2.24) is 19.9 Å². The largest absolute Gasteiger partial charge is 0.398 e. The first kappa shape index (κ1) is 24.8. The van der Waals surface area contributed by atoms with E-state index >= 15 is 0 Å². The second-order valence-corrected chi connectivity index (χ2v) is 11.9. The Morgan fingerprint density at radius 2 is 1.81 bits per heavy atom. The molecule has 36 heavy (non-hydrogen) atoms. The van der Waals surface area contributed by atoms with Crippen LogP contribution in [0.3, 0.4) is 0 Å². The number of nitrogen functional groups attached to an aromatic ring is 1. The topological polar surface area (TPSA) is 97.1 Å². The molecule has 0 spiro atoms. The van der Waals surface area contributed by atoms with Crippen LogP contribution in [0.5, 0.6) is 0 Å². The Kier molecular flexibility index (Phi) is 5.35. The number of likely N-dealkylation sites (tertiary alicyclic amines) is 1. The van der Waals surface area contributed by atoms with E-state index in [2.05, 4.69) is 9.97 Å². The number of hydrogen-bond acceptors (Lipinski definition) is 5. The number of nitrogens with two attached hydrogens (primary N) is 1. The fourth-order valence-corrected chi connectivity index (χ4v) is 5.67. The van der Waals surface area contributed by atoms with E-state index in [0.29, 0.717) is 37.5 Å². The Hall–Kier alpha value is -2.93. The number of aromatic nitrogens is 3. The number of nitrogens with one attached hydrogen (secondary N) is 1. The van der Waals surface area contributed by atoms with Gasteiger partial charge in [0.05, 0.1) is 11.7 Å². The number of halogens is 5. The molecule has 196 valence electrons. The maximum Gasteiger partial charge on any atom is 0.310 e. The van der Waals surface area contributed by atoms with Gasteiger partial charge < -0.3 is 20.4 Å². The third-order valence-electron chi connectivity index (χ3n) is 7.17. The Labute approximate surface area is 203 Å². The van der Waals surface area contributed by atoms with Crippen molar-refractivity contribution < 1.29 is 29.0 Å². The quantitative estimate of drug-likeness (QED) is 0.306. The zero-order chi connectivity index (χ0) is 25.9. The number of aromatic amines is 1. The smallest absolute Gasteiger partial charge is 0.310 e. The normalized spacial score (nSPS) is 23.2. The summed E-state index contributed by atoms with van der Waals surface area (Å²) in [5.41, 5.74) is 7.28. The van der Waals surface area contributed by atoms with E-state index < -0.39 is 26.7 Å². The molecule has 0 atom stereocenters. The van der Waals surface area contributed by atoms with E-state index in [-0.39, 0.29) is 29.7 Å². The average Bonchev–Trinajstić information content (AvgIpc) is 3.20. The van der Waals surface area contributed by atoms with E-state index in [1.807, 2.05) is 6.07 Å². The number of carbonyl (C=O) groups excluding carboxylic acids is 1. The molecule has 0 radical (unpaired) electrons. The van der Waals surface area contributed by atoms with Gasteiger partial charge in [-0.1, -0.05) is 19.4 Å². The molecule has 1 amide bonds. The van der Waals surface area contributed by atoms with Crippen LogP contribution < -0.4 is 5.73 Å². The lowest BCUT2D eigenvalue weighted by Crippen LogP contribution is -2.38. The van der Waals surface area contributed by atoms with E-state index in [1.54, 1.807) is 13.3 Å². The molecule has 3 heterocycles. The van der Waals surface area contributed by atoms with Gasteiger partial charge in [0.15, 0.2) is 5.65 Å². The molecular formula is C23H26F5N5O2S. The SMILES string of the molecule is CO[C@H]1C[C@H](c2nc3c(C4CCN(C(=O)c5ccc(S(F)(F)(F)(F)F)cc5N)CC4)ccnc3[nH]2)C1. The van der Waals surface area contributed by atoms with Crippen molar-refractivity contribution in [2.75, 3.05) is 25.9 Å². The highest BCUT2D eigenvalue weighted by atomic mass is 32.5. The summed E-state index contributed by atoms with van der Waals surface area (Å²) in [5.74, 6) is 0.708. The lowest BCUT2D eigenvalue weighted by Gasteiger charge is -2.40. The molecule has 1 aromatic carbocycles. The minimum atomic E-state index is -9.88. The fourth-order valence-electron chi connectivity index (χ4n) is 4.99. The van der Waals surface area contributed by atoms with Gasteiger partial charge in [0, 0.05) is 38.0 Å². The molecular weight excluding hydrogens is 505 g/mol. The number of hydrogen-bond donors (Lipinski definition) is 2. The highest BCUT2D eigenvalue weighted by molar-refractivity contribution is 8.45. The third kappa shape index (κ3) is 4.61. The number of fused-ring (bicyclic) bond motifs is 1. The molecule has 7 nitrogen and oxygen atoms in total. The van der Waals surface area contributed by atoms with Crippen LogP contribution in [-0.2, 0) is 4.74 Å². The highest BCUT2D eigenvalue weighted by Crippen LogP contribution is 3.02. The molecule has 13 heteroatoms. The molecule has 1 saturated heterocycles. The van der Waals surface area contributed by atoms with Gasteiger partial charge in [-0.15, -0.1) is 0 Å². The van der Waals surface area contributed by atoms with Gasteiger partial charge in [0.1, 0.15) is 16.2 Å². The summed E-state index contributed by atoms with van der Waals surface area (Å²) >= 11 is 0. The number of nitrogens with zero attached hydrogens (tertiary/aromatic N) is 3. The van der Waals surface area contributed by atoms with Crippen molar-refractivity contribution in [3.8, 4) is 0 Å². The summed E-state index contributed by atoms with van der Waals surface area (Å²) in [6.45, 7) is 0.678. The van der Waals surface area contributed by atoms with Crippen molar-refractivity contribution in [3.05, 3.63) is 47.4 Å². The number of ether oxygens (including phenoxy) is 1. The molecule has 2 aliphatic rings. The zero-order valence-electron chi connectivity index (χ0n) is 19.4. The molecule has 2 fully saturated rings. The minimum absolute atomic E-state index is 0.108. The number of amides is 1. The van der Waals surface area contributed by atoms with E-state index in [4.69, 9.17) is 15.5 Å². The van der Waals surface area contributed by atoms with Crippen LogP contribution >= 0.6 is 10.2 Å². The Bertz CT molecular complexity index is 1330. The van der Waals surface area contributed by atoms with Crippen molar-refractivity contribution in [2.45, 2.75) is 48.5 Å². The molecule has 5 rings (SSSR count). The van der Waals surface area contributed by atoms with Gasteiger partial charge >= 0.3 is 10.2 Å². The van der Waals surface area contributed by atoms with Gasteiger partial charge in [-0.3, -0.25) is 4.79 Å². The first-order valence-corrected chi connectivity index (χ1v) is 13.5. The number of carbonyl (C=O) groups is 1. The average molecular weight is 532 g/mol. The standard InChI is InChI=1S/C23H26F5N5O2S/c1-35-15-10-14(11-15)21-31-20-17(4-7-30-22(20)32-21)13-5-8-33(9-6-13)23(34)18-3-2-16(12-19(18)29)36(24,25,26,27)28/h2-4,7,12-15H,5-6,8-11,29H2,1H3,(H,30,31,32)/t14-,15-. The maximum atomic E-state index is 13.1. The number of anilines is 1. The lowest BCUT2D eigenvalue weighted by atomic mass is 9.82. The molecule has 3 N–H and O–H groups in total. The van der Waals surface area contributed by atoms with Crippen LogP contribution in [0, 0.1) is 0 Å². The van der Waals surface area contributed by atoms with Crippen molar-refractivity contribution in [2.24, 2.45) is 0 Å². The molecule has 1 aliphatic heterocycles. The number of rotatable bonds is 5. The summed E-state index contributed by atoms with van der Waals surface area (Å²) in [6, 6.07) is 3.01. The van der Waals surface area contributed by atoms with Crippen molar-refractivity contribution >= 4 is 33.0 Å². The number of benzene rings is 1. The highest BCUT2D eigenvalue weighted by Gasteiger charge is 2.65. The van der Waals surface area contributed by atoms with Gasteiger partial charge in [-0.05, 0) is 61.4 Å². The summed E-state index contributed by atoms with van der Waals surface area (Å²) in [7, 11) is -8.18. The first-order chi connectivity index (χ1) is 16.7. The second kappa shape index (κ2) is 7.78. The Balaban J connectivity index is 1.29. The van der Waals surface area contributed by atoms with E-state index in [1.165, 1.54) is 4.90 Å². The number of methoxy groups -OCH3 is 1. The summed E-state index contributed by atoms with van der Waals surface area (Å²) in [5, 5.41) is 0. The van der Waals surface area contributed by atoms with Crippen LogP contribution in [0.15, 0.2) is 35.4 Å². The molecule has 1 aliphatic carbocycles. The summed E-state index contributed by atoms with van der Waals surface area (Å²) in [4.78, 5) is 24.8. The van der Waals surface area contributed by atoms with Crippen molar-refractivity contribution in [1.29, 1.82) is 0 Å². The lowest BCUT2D eigenvalue weighted by molar-refractivity contribution is 0.0239. The molecule has 3 aromatic rings. The molecule has 2 aromatic heterocycles. The van der Waals surface area contributed by atoms with Crippen LogP contribution in [0.1, 0.15) is 59.3 Å². The number of imidazole rings is 1. The third-order valence-corrected chi connectivity index (χ3v) is 8.31. The molecule has 0 bridgehead atoms. The number of pyridine rings is 1. The van der Waals surface area contributed by atoms with Gasteiger partial charge in [0.2, 0.25) is 0 Å². The Morgan fingerprint density at radius 3 is 2.42 bits per heavy atom. The van der Waals surface area contributed by atoms with Crippen LogP contribution in [-0.4, -0.2) is 52.1 Å². The van der Waals surface area contributed by atoms with E-state index in [0.717, 1.165) is 35.8 Å². The molecule has 0 unspecified atom stereocenters. The summed E-state index contributed by atoms with van der Waals surface area (Å²) in [6.07, 6.45) is 4.97. The zero-order valence-corrected chi connectivity index (χ0v) is 20.2. The monoisotopic (exact) mass is 531 g/mol. The van der Waals surface area contributed by atoms with Crippen LogP contribution in [0.25, 0.3) is 11.2 Å². The Morgan fingerprint density at radius 1 is 1.11 bits per heavy atom. The number of piperidine rings is 1. The van der Waals surface area contributed by atoms with Crippen LogP contribution in [0.4, 0.5) is 25.1 Å². The van der Waals surface area contributed by atoms with Crippen molar-refractivity contribution in [3.63, 3.8) is 0 Å².